The van der Waals surface area contributed by atoms with Gasteiger partial charge in [0.2, 0.25) is 0 Å². The second-order valence-corrected chi connectivity index (χ2v) is 7.18. The van der Waals surface area contributed by atoms with Gasteiger partial charge < -0.3 is 19.6 Å². The van der Waals surface area contributed by atoms with E-state index in [4.69, 9.17) is 0 Å². The molecular formula is C20H34N6. The predicted octanol–water partition coefficient (Wildman–Crippen LogP) is 2.08. The molecule has 0 amide bonds. The van der Waals surface area contributed by atoms with Crippen LogP contribution in [0.4, 0.5) is 0 Å². The number of hydrogen-bond donors (Lipinski definition) is 0. The summed E-state index contributed by atoms with van der Waals surface area (Å²) >= 11 is 0. The van der Waals surface area contributed by atoms with Crippen molar-refractivity contribution in [3.8, 4) is 12.1 Å². The Morgan fingerprint density at radius 3 is 2.08 bits per heavy atom. The lowest BCUT2D eigenvalue weighted by atomic mass is 10.1. The van der Waals surface area contributed by atoms with Gasteiger partial charge in [-0.25, -0.2) is 0 Å². The van der Waals surface area contributed by atoms with Gasteiger partial charge in [-0.1, -0.05) is 20.3 Å². The van der Waals surface area contributed by atoms with Crippen LogP contribution in [0.25, 0.3) is 0 Å². The third-order valence-corrected chi connectivity index (χ3v) is 5.62. The van der Waals surface area contributed by atoms with Gasteiger partial charge in [0.15, 0.2) is 5.57 Å². The SMILES string of the molecule is CCN(CC)CCCN1CCN(CCN2CCCCC2)C1=C(C#N)C#N. The first-order chi connectivity index (χ1) is 12.7. The lowest BCUT2D eigenvalue weighted by Crippen LogP contribution is -2.37. The first-order valence-corrected chi connectivity index (χ1v) is 10.2. The molecule has 144 valence electrons. The van der Waals surface area contributed by atoms with Gasteiger partial charge in [-0.3, -0.25) is 0 Å². The molecule has 2 saturated heterocycles. The molecule has 2 fully saturated rings. The van der Waals surface area contributed by atoms with Crippen molar-refractivity contribution in [3.05, 3.63) is 11.4 Å². The highest BCUT2D eigenvalue weighted by molar-refractivity contribution is 5.40. The van der Waals surface area contributed by atoms with Crippen LogP contribution in [0.3, 0.4) is 0 Å². The van der Waals surface area contributed by atoms with Crippen molar-refractivity contribution in [2.24, 2.45) is 0 Å². The van der Waals surface area contributed by atoms with Gasteiger partial charge in [0.05, 0.1) is 0 Å². The Morgan fingerprint density at radius 1 is 0.885 bits per heavy atom. The fraction of sp³-hybridized carbons (Fsp3) is 0.800. The first-order valence-electron chi connectivity index (χ1n) is 10.2. The Labute approximate surface area is 159 Å². The summed E-state index contributed by atoms with van der Waals surface area (Å²) in [6.45, 7) is 14.7. The van der Waals surface area contributed by atoms with E-state index in [2.05, 4.69) is 45.6 Å². The molecule has 0 atom stereocenters. The zero-order valence-electron chi connectivity index (χ0n) is 16.6. The molecule has 0 aromatic rings. The number of allylic oxidation sites excluding steroid dienone is 1. The average Bonchev–Trinajstić information content (AvgIpc) is 3.08. The fourth-order valence-corrected chi connectivity index (χ4v) is 4.00. The van der Waals surface area contributed by atoms with Crippen LogP contribution in [-0.2, 0) is 0 Å². The van der Waals surface area contributed by atoms with Crippen LogP contribution >= 0.6 is 0 Å². The van der Waals surface area contributed by atoms with Gasteiger partial charge in [-0.15, -0.1) is 0 Å². The molecule has 0 radical (unpaired) electrons. The van der Waals surface area contributed by atoms with Gasteiger partial charge in [0.1, 0.15) is 18.0 Å². The molecule has 0 unspecified atom stereocenters. The van der Waals surface area contributed by atoms with E-state index in [9.17, 15) is 10.5 Å². The lowest BCUT2D eigenvalue weighted by Gasteiger charge is -2.30. The van der Waals surface area contributed by atoms with Crippen LogP contribution in [0, 0.1) is 22.7 Å². The fourth-order valence-electron chi connectivity index (χ4n) is 4.00. The van der Waals surface area contributed by atoms with E-state index in [1.165, 1.54) is 32.4 Å². The van der Waals surface area contributed by atoms with Gasteiger partial charge in [-0.2, -0.15) is 10.5 Å². The summed E-state index contributed by atoms with van der Waals surface area (Å²) in [5.41, 5.74) is 0.268. The summed E-state index contributed by atoms with van der Waals surface area (Å²) in [7, 11) is 0. The second-order valence-electron chi connectivity index (χ2n) is 7.18. The molecule has 0 spiro atoms. The Morgan fingerprint density at radius 2 is 1.50 bits per heavy atom. The van der Waals surface area contributed by atoms with Gasteiger partial charge in [-0.05, 0) is 52.0 Å². The molecule has 2 aliphatic heterocycles. The number of nitrogens with zero attached hydrogens (tertiary/aromatic N) is 6. The van der Waals surface area contributed by atoms with E-state index in [0.29, 0.717) is 0 Å². The lowest BCUT2D eigenvalue weighted by molar-refractivity contribution is 0.201. The highest BCUT2D eigenvalue weighted by Gasteiger charge is 2.28. The zero-order chi connectivity index (χ0) is 18.8. The number of likely N-dealkylation sites (tertiary alicyclic amines) is 1. The molecule has 0 aromatic carbocycles. The van der Waals surface area contributed by atoms with Crippen molar-refractivity contribution in [2.45, 2.75) is 39.5 Å². The van der Waals surface area contributed by atoms with Crippen molar-refractivity contribution >= 4 is 0 Å². The molecule has 0 aliphatic carbocycles. The molecular weight excluding hydrogens is 324 g/mol. The Kier molecular flexibility index (Phi) is 8.74. The van der Waals surface area contributed by atoms with Crippen LogP contribution in [0.1, 0.15) is 39.5 Å². The highest BCUT2D eigenvalue weighted by atomic mass is 15.4. The summed E-state index contributed by atoms with van der Waals surface area (Å²) in [6.07, 6.45) is 5.00. The Bertz CT molecular complexity index is 517. The zero-order valence-corrected chi connectivity index (χ0v) is 16.6. The van der Waals surface area contributed by atoms with E-state index in [1.807, 2.05) is 0 Å². The van der Waals surface area contributed by atoms with Crippen molar-refractivity contribution in [2.75, 3.05) is 65.4 Å². The van der Waals surface area contributed by atoms with Gasteiger partial charge in [0, 0.05) is 32.7 Å². The molecule has 0 aromatic heterocycles. The number of rotatable bonds is 9. The van der Waals surface area contributed by atoms with Crippen molar-refractivity contribution < 1.29 is 0 Å². The Balaban J connectivity index is 1.95. The van der Waals surface area contributed by atoms with Crippen LogP contribution in [-0.4, -0.2) is 85.0 Å². The van der Waals surface area contributed by atoms with Crippen molar-refractivity contribution in [1.29, 1.82) is 10.5 Å². The number of piperidine rings is 1. The molecule has 26 heavy (non-hydrogen) atoms. The average molecular weight is 359 g/mol. The van der Waals surface area contributed by atoms with Gasteiger partial charge >= 0.3 is 0 Å². The molecule has 2 aliphatic rings. The predicted molar refractivity (Wildman–Crippen MR) is 104 cm³/mol. The van der Waals surface area contributed by atoms with E-state index < -0.39 is 0 Å². The summed E-state index contributed by atoms with van der Waals surface area (Å²) in [5, 5.41) is 18.9. The van der Waals surface area contributed by atoms with Gasteiger partial charge in [0.25, 0.3) is 0 Å². The second kappa shape index (κ2) is 11.1. The smallest absolute Gasteiger partial charge is 0.169 e. The number of nitriles is 2. The number of hydrogen-bond acceptors (Lipinski definition) is 6. The summed E-state index contributed by atoms with van der Waals surface area (Å²) in [6, 6.07) is 4.25. The molecule has 0 saturated carbocycles. The minimum atomic E-state index is 0.268. The highest BCUT2D eigenvalue weighted by Crippen LogP contribution is 2.22. The quantitative estimate of drug-likeness (QED) is 0.588. The summed E-state index contributed by atoms with van der Waals surface area (Å²) in [4.78, 5) is 9.45. The normalized spacial score (nSPS) is 18.3. The van der Waals surface area contributed by atoms with Crippen LogP contribution in [0.15, 0.2) is 11.4 Å². The molecule has 6 nitrogen and oxygen atoms in total. The minimum absolute atomic E-state index is 0.268. The topological polar surface area (TPSA) is 60.5 Å². The maximum atomic E-state index is 9.43. The first kappa shape index (κ1) is 20.6. The monoisotopic (exact) mass is 358 g/mol. The Hall–Kier alpha value is -1.76. The molecule has 6 heteroatoms. The maximum absolute atomic E-state index is 9.43. The summed E-state index contributed by atoms with van der Waals surface area (Å²) < 4.78 is 0. The third-order valence-electron chi connectivity index (χ3n) is 5.62. The van der Waals surface area contributed by atoms with Crippen LogP contribution in [0.2, 0.25) is 0 Å². The van der Waals surface area contributed by atoms with E-state index in [0.717, 1.165) is 64.6 Å². The van der Waals surface area contributed by atoms with E-state index >= 15 is 0 Å². The molecule has 2 heterocycles. The molecule has 2 rings (SSSR count). The minimum Gasteiger partial charge on any atom is -0.355 e. The van der Waals surface area contributed by atoms with Crippen molar-refractivity contribution in [3.63, 3.8) is 0 Å². The van der Waals surface area contributed by atoms with Crippen LogP contribution in [0.5, 0.6) is 0 Å². The molecule has 0 N–H and O–H groups in total. The third kappa shape index (κ3) is 5.62. The summed E-state index contributed by atoms with van der Waals surface area (Å²) in [5.74, 6) is 0.867. The molecule has 0 bridgehead atoms. The maximum Gasteiger partial charge on any atom is 0.169 e. The largest absolute Gasteiger partial charge is 0.355 e. The van der Waals surface area contributed by atoms with Crippen LogP contribution < -0.4 is 0 Å². The van der Waals surface area contributed by atoms with Crippen molar-refractivity contribution in [1.82, 2.24) is 19.6 Å². The van der Waals surface area contributed by atoms with E-state index in [1.54, 1.807) is 0 Å². The standard InChI is InChI=1S/C20H34N6/c1-3-23(4-2)11-8-12-25-15-16-26(20(25)19(17-21)18-22)14-13-24-9-6-5-7-10-24/h3-16H2,1-2H3. The van der Waals surface area contributed by atoms with E-state index in [-0.39, 0.29) is 5.57 Å².